The molecule has 4 atom stereocenters. The third-order valence-corrected chi connectivity index (χ3v) is 5.03. The molecule has 1 heterocycles. The largest absolute Gasteiger partial charge is 0.458 e. The summed E-state index contributed by atoms with van der Waals surface area (Å²) in [4.78, 5) is 12.6. The molecule has 2 aromatic rings. The first-order chi connectivity index (χ1) is 13.4. The SMILES string of the molecule is C=CC[C@H](OC(=O)c1ccccc1)[C@H](C)[C@H]1OC(C)(C)O[C@@H]1c1ccccc1. The minimum Gasteiger partial charge on any atom is -0.458 e. The summed E-state index contributed by atoms with van der Waals surface area (Å²) < 4.78 is 18.3. The number of esters is 1. The van der Waals surface area contributed by atoms with Gasteiger partial charge in [-0.1, -0.05) is 61.5 Å². The maximum atomic E-state index is 12.6. The fourth-order valence-electron chi connectivity index (χ4n) is 3.60. The summed E-state index contributed by atoms with van der Waals surface area (Å²) in [5.74, 6) is -1.13. The second-order valence-corrected chi connectivity index (χ2v) is 7.62. The summed E-state index contributed by atoms with van der Waals surface area (Å²) in [7, 11) is 0. The molecule has 1 aliphatic rings. The highest BCUT2D eigenvalue weighted by Gasteiger charge is 2.46. The fourth-order valence-corrected chi connectivity index (χ4v) is 3.60. The predicted octanol–water partition coefficient (Wildman–Crippen LogP) is 5.32. The molecule has 0 aliphatic carbocycles. The lowest BCUT2D eigenvalue weighted by atomic mass is 9.89. The van der Waals surface area contributed by atoms with E-state index in [1.807, 2.05) is 69.3 Å². The van der Waals surface area contributed by atoms with Crippen molar-refractivity contribution in [3.63, 3.8) is 0 Å². The Labute approximate surface area is 167 Å². The normalized spacial score (nSPS) is 23.0. The third-order valence-electron chi connectivity index (χ3n) is 5.03. The van der Waals surface area contributed by atoms with Crippen molar-refractivity contribution in [1.29, 1.82) is 0 Å². The van der Waals surface area contributed by atoms with Crippen LogP contribution >= 0.6 is 0 Å². The van der Waals surface area contributed by atoms with Gasteiger partial charge in [0.15, 0.2) is 5.79 Å². The molecule has 3 rings (SSSR count). The van der Waals surface area contributed by atoms with Crippen molar-refractivity contribution < 1.29 is 19.0 Å². The van der Waals surface area contributed by atoms with Crippen LogP contribution in [-0.4, -0.2) is 24.0 Å². The van der Waals surface area contributed by atoms with Gasteiger partial charge >= 0.3 is 5.97 Å². The highest BCUT2D eigenvalue weighted by atomic mass is 16.8. The number of carbonyl (C=O) groups excluding carboxylic acids is 1. The summed E-state index contributed by atoms with van der Waals surface area (Å²) in [5.41, 5.74) is 1.59. The average molecular weight is 380 g/mol. The molecule has 28 heavy (non-hydrogen) atoms. The van der Waals surface area contributed by atoms with Crippen molar-refractivity contribution in [2.75, 3.05) is 0 Å². The van der Waals surface area contributed by atoms with Crippen LogP contribution in [0, 0.1) is 5.92 Å². The third kappa shape index (κ3) is 4.70. The van der Waals surface area contributed by atoms with Crippen LogP contribution in [0.25, 0.3) is 0 Å². The van der Waals surface area contributed by atoms with Gasteiger partial charge in [-0.2, -0.15) is 0 Å². The number of benzene rings is 2. The first-order valence-electron chi connectivity index (χ1n) is 9.69. The van der Waals surface area contributed by atoms with E-state index >= 15 is 0 Å². The van der Waals surface area contributed by atoms with Gasteiger partial charge in [0.25, 0.3) is 0 Å². The molecule has 0 unspecified atom stereocenters. The molecule has 148 valence electrons. The summed E-state index contributed by atoms with van der Waals surface area (Å²) in [5, 5.41) is 0. The van der Waals surface area contributed by atoms with Gasteiger partial charge in [0.1, 0.15) is 12.2 Å². The van der Waals surface area contributed by atoms with Crippen molar-refractivity contribution in [2.45, 2.75) is 51.3 Å². The summed E-state index contributed by atoms with van der Waals surface area (Å²) in [6.07, 6.45) is 1.48. The molecule has 0 aromatic heterocycles. The average Bonchev–Trinajstić information content (AvgIpc) is 3.04. The Hall–Kier alpha value is -2.43. The Morgan fingerprint density at radius 3 is 2.32 bits per heavy atom. The van der Waals surface area contributed by atoms with E-state index < -0.39 is 5.79 Å². The highest BCUT2D eigenvalue weighted by Crippen LogP contribution is 2.42. The van der Waals surface area contributed by atoms with Gasteiger partial charge in [0.05, 0.1) is 11.7 Å². The van der Waals surface area contributed by atoms with Crippen LogP contribution < -0.4 is 0 Å². The summed E-state index contributed by atoms with van der Waals surface area (Å²) in [6.45, 7) is 9.69. The van der Waals surface area contributed by atoms with Gasteiger partial charge in [-0.3, -0.25) is 0 Å². The summed E-state index contributed by atoms with van der Waals surface area (Å²) in [6, 6.07) is 19.1. The van der Waals surface area contributed by atoms with Crippen LogP contribution in [0.3, 0.4) is 0 Å². The van der Waals surface area contributed by atoms with Crippen molar-refractivity contribution in [3.05, 3.63) is 84.4 Å². The maximum absolute atomic E-state index is 12.6. The predicted molar refractivity (Wildman–Crippen MR) is 109 cm³/mol. The van der Waals surface area contributed by atoms with Crippen molar-refractivity contribution in [3.8, 4) is 0 Å². The lowest BCUT2D eigenvalue weighted by Crippen LogP contribution is -2.36. The van der Waals surface area contributed by atoms with Crippen LogP contribution in [0.2, 0.25) is 0 Å². The molecule has 4 heteroatoms. The van der Waals surface area contributed by atoms with Crippen molar-refractivity contribution in [1.82, 2.24) is 0 Å². The standard InChI is InChI=1S/C24H28O4/c1-5-12-20(26-23(25)19-15-10-7-11-16-19)17(2)21-22(28-24(3,4)27-21)18-13-8-6-9-14-18/h5-11,13-17,20-22H,1,12H2,2-4H3/t17-,20-,21+,22+/m0/s1. The molecule has 0 amide bonds. The molecule has 0 radical (unpaired) electrons. The molecule has 1 aliphatic heterocycles. The van der Waals surface area contributed by atoms with E-state index in [4.69, 9.17) is 14.2 Å². The number of rotatable bonds is 7. The number of hydrogen-bond donors (Lipinski definition) is 0. The monoisotopic (exact) mass is 380 g/mol. The Morgan fingerprint density at radius 1 is 1.11 bits per heavy atom. The maximum Gasteiger partial charge on any atom is 0.338 e. The smallest absolute Gasteiger partial charge is 0.338 e. The Kier molecular flexibility index (Phi) is 6.32. The Balaban J connectivity index is 1.81. The van der Waals surface area contributed by atoms with Gasteiger partial charge in [0, 0.05) is 12.3 Å². The molecule has 0 bridgehead atoms. The topological polar surface area (TPSA) is 44.8 Å². The lowest BCUT2D eigenvalue weighted by molar-refractivity contribution is -0.153. The van der Waals surface area contributed by atoms with Crippen molar-refractivity contribution in [2.24, 2.45) is 5.92 Å². The van der Waals surface area contributed by atoms with Gasteiger partial charge in [-0.15, -0.1) is 6.58 Å². The number of ether oxygens (including phenoxy) is 3. The van der Waals surface area contributed by atoms with E-state index in [1.165, 1.54) is 0 Å². The van der Waals surface area contributed by atoms with Crippen LogP contribution in [-0.2, 0) is 14.2 Å². The zero-order chi connectivity index (χ0) is 20.1. The number of carbonyl (C=O) groups is 1. The van der Waals surface area contributed by atoms with E-state index in [0.717, 1.165) is 5.56 Å². The Bertz CT molecular complexity index is 785. The molecule has 1 saturated heterocycles. The molecule has 0 N–H and O–H groups in total. The lowest BCUT2D eigenvalue weighted by Gasteiger charge is -2.30. The quantitative estimate of drug-likeness (QED) is 0.482. The Morgan fingerprint density at radius 2 is 1.71 bits per heavy atom. The fraction of sp³-hybridized carbons (Fsp3) is 0.375. The molecule has 1 fully saturated rings. The summed E-state index contributed by atoms with van der Waals surface area (Å²) >= 11 is 0. The van der Waals surface area contributed by atoms with Crippen molar-refractivity contribution >= 4 is 5.97 Å². The van der Waals surface area contributed by atoms with Crippen LogP contribution in [0.4, 0.5) is 0 Å². The van der Waals surface area contributed by atoms with Gasteiger partial charge in [0.2, 0.25) is 0 Å². The number of hydrogen-bond acceptors (Lipinski definition) is 4. The zero-order valence-electron chi connectivity index (χ0n) is 16.7. The molecular formula is C24H28O4. The molecule has 0 saturated carbocycles. The van der Waals surface area contributed by atoms with E-state index in [2.05, 4.69) is 6.58 Å². The molecule has 0 spiro atoms. The van der Waals surface area contributed by atoms with E-state index in [1.54, 1.807) is 18.2 Å². The first kappa shape index (κ1) is 20.3. The van der Waals surface area contributed by atoms with Gasteiger partial charge in [-0.05, 0) is 31.5 Å². The molecular weight excluding hydrogens is 352 g/mol. The first-order valence-corrected chi connectivity index (χ1v) is 9.69. The van der Waals surface area contributed by atoms with Crippen LogP contribution in [0.15, 0.2) is 73.3 Å². The van der Waals surface area contributed by atoms with E-state index in [-0.39, 0.29) is 30.2 Å². The van der Waals surface area contributed by atoms with Crippen LogP contribution in [0.1, 0.15) is 49.2 Å². The molecule has 4 nitrogen and oxygen atoms in total. The van der Waals surface area contributed by atoms with Gasteiger partial charge in [-0.25, -0.2) is 4.79 Å². The van der Waals surface area contributed by atoms with Crippen LogP contribution in [0.5, 0.6) is 0 Å². The highest BCUT2D eigenvalue weighted by molar-refractivity contribution is 5.89. The van der Waals surface area contributed by atoms with Gasteiger partial charge < -0.3 is 14.2 Å². The second-order valence-electron chi connectivity index (χ2n) is 7.62. The van der Waals surface area contributed by atoms with E-state index in [0.29, 0.717) is 12.0 Å². The second kappa shape index (κ2) is 8.72. The minimum atomic E-state index is -0.707. The zero-order valence-corrected chi connectivity index (χ0v) is 16.7. The van der Waals surface area contributed by atoms with E-state index in [9.17, 15) is 4.79 Å². The molecule has 2 aromatic carbocycles. The minimum absolute atomic E-state index is 0.0855.